The second-order valence-electron chi connectivity index (χ2n) is 7.52. The molecule has 1 saturated carbocycles. The fourth-order valence-corrected chi connectivity index (χ4v) is 7.72. The number of sulfonamides is 1. The molecule has 152 valence electrons. The average molecular weight is 417 g/mol. The van der Waals surface area contributed by atoms with Gasteiger partial charge in [-0.15, -0.1) is 0 Å². The average Bonchev–Trinajstić information content (AvgIpc) is 2.92. The van der Waals surface area contributed by atoms with Crippen LogP contribution in [0.1, 0.15) is 43.6 Å². The first-order chi connectivity index (χ1) is 12.7. The fourth-order valence-electron chi connectivity index (χ4n) is 4.16. The number of nitrogens with zero attached hydrogens (tertiary/aromatic N) is 1. The van der Waals surface area contributed by atoms with Crippen LogP contribution in [0.2, 0.25) is 0 Å². The third-order valence-electron chi connectivity index (χ3n) is 5.58. The van der Waals surface area contributed by atoms with Crippen LogP contribution < -0.4 is 5.73 Å². The molecule has 1 aromatic rings. The Kier molecular flexibility index (Phi) is 6.27. The highest BCUT2D eigenvalue weighted by Crippen LogP contribution is 2.33. The van der Waals surface area contributed by atoms with Gasteiger partial charge in [-0.2, -0.15) is 4.31 Å². The van der Waals surface area contributed by atoms with E-state index in [1.807, 2.05) is 12.1 Å². The van der Waals surface area contributed by atoms with Crippen LogP contribution in [-0.2, 0) is 19.9 Å². The van der Waals surface area contributed by atoms with Crippen LogP contribution in [0.25, 0.3) is 0 Å². The van der Waals surface area contributed by atoms with Gasteiger partial charge in [0.25, 0.3) is 0 Å². The molecule has 3 rings (SSSR count). The summed E-state index contributed by atoms with van der Waals surface area (Å²) in [4.78, 5) is 0.104. The lowest BCUT2D eigenvalue weighted by molar-refractivity contribution is 0.129. The summed E-state index contributed by atoms with van der Waals surface area (Å²) in [5, 5.41) is 10.1. The fraction of sp³-hybridized carbons (Fsp3) is 0.667. The van der Waals surface area contributed by atoms with Crippen LogP contribution in [0.5, 0.6) is 0 Å². The van der Waals surface area contributed by atoms with E-state index in [0.717, 1.165) is 22.7 Å². The lowest BCUT2D eigenvalue weighted by Crippen LogP contribution is -2.48. The minimum absolute atomic E-state index is 0.0377. The number of aliphatic hydroxyl groups excluding tert-OH is 1. The van der Waals surface area contributed by atoms with Gasteiger partial charge in [-0.05, 0) is 36.5 Å². The largest absolute Gasteiger partial charge is 0.390 e. The van der Waals surface area contributed by atoms with Crippen molar-refractivity contribution in [2.75, 3.05) is 24.6 Å². The van der Waals surface area contributed by atoms with E-state index in [1.165, 1.54) is 19.3 Å². The Morgan fingerprint density at radius 2 is 1.70 bits per heavy atom. The van der Waals surface area contributed by atoms with Gasteiger partial charge in [0.2, 0.25) is 10.0 Å². The van der Waals surface area contributed by atoms with Gasteiger partial charge in [0.15, 0.2) is 9.84 Å². The molecule has 0 amide bonds. The van der Waals surface area contributed by atoms with Crippen LogP contribution in [0.3, 0.4) is 0 Å². The van der Waals surface area contributed by atoms with Crippen LogP contribution in [0.15, 0.2) is 29.2 Å². The number of rotatable bonds is 6. The maximum Gasteiger partial charge on any atom is 0.243 e. The van der Waals surface area contributed by atoms with E-state index in [9.17, 15) is 21.9 Å². The van der Waals surface area contributed by atoms with Crippen LogP contribution >= 0.6 is 0 Å². The Bertz CT molecular complexity index is 846. The third-order valence-corrected chi connectivity index (χ3v) is 9.21. The molecule has 2 fully saturated rings. The summed E-state index contributed by atoms with van der Waals surface area (Å²) in [5.41, 5.74) is 6.71. The lowest BCUT2D eigenvalue weighted by Gasteiger charge is -2.29. The molecule has 0 radical (unpaired) electrons. The first-order valence-electron chi connectivity index (χ1n) is 9.45. The van der Waals surface area contributed by atoms with Gasteiger partial charge < -0.3 is 10.8 Å². The van der Waals surface area contributed by atoms with E-state index in [4.69, 9.17) is 5.73 Å². The maximum atomic E-state index is 13.1. The smallest absolute Gasteiger partial charge is 0.243 e. The van der Waals surface area contributed by atoms with Crippen molar-refractivity contribution in [3.63, 3.8) is 0 Å². The van der Waals surface area contributed by atoms with Gasteiger partial charge in [-0.25, -0.2) is 16.8 Å². The zero-order valence-corrected chi connectivity index (χ0v) is 17.0. The van der Waals surface area contributed by atoms with E-state index in [1.54, 1.807) is 12.1 Å². The highest BCUT2D eigenvalue weighted by atomic mass is 32.2. The number of hydrogen-bond donors (Lipinski definition) is 2. The third kappa shape index (κ3) is 4.54. The molecule has 9 heteroatoms. The number of aliphatic hydroxyl groups is 1. The zero-order valence-electron chi connectivity index (χ0n) is 15.3. The minimum atomic E-state index is -3.95. The zero-order chi connectivity index (χ0) is 19.7. The Hall–Kier alpha value is -1.00. The molecule has 2 aliphatic rings. The van der Waals surface area contributed by atoms with Gasteiger partial charge in [-0.3, -0.25) is 0 Å². The Balaban J connectivity index is 1.86. The van der Waals surface area contributed by atoms with Crippen molar-refractivity contribution >= 4 is 19.9 Å². The molecule has 27 heavy (non-hydrogen) atoms. The SMILES string of the molecule is NCCN([C@H]1CS(=O)(=O)C[C@@H]1O)S(=O)(=O)c1ccc(C2CCCCC2)cc1. The molecule has 3 N–H and O–H groups in total. The molecular formula is C18H28N2O5S2. The van der Waals surface area contributed by atoms with Crippen LogP contribution in [0, 0.1) is 0 Å². The van der Waals surface area contributed by atoms with Crippen LogP contribution in [0.4, 0.5) is 0 Å². The summed E-state index contributed by atoms with van der Waals surface area (Å²) in [7, 11) is -7.42. The first-order valence-corrected chi connectivity index (χ1v) is 12.7. The van der Waals surface area contributed by atoms with Crippen molar-refractivity contribution in [1.82, 2.24) is 4.31 Å². The molecule has 1 aliphatic carbocycles. The Morgan fingerprint density at radius 3 is 2.22 bits per heavy atom. The number of hydrogen-bond acceptors (Lipinski definition) is 6. The van der Waals surface area contributed by atoms with Crippen molar-refractivity contribution in [3.8, 4) is 0 Å². The number of nitrogens with two attached hydrogens (primary N) is 1. The first kappa shape index (κ1) is 20.7. The Morgan fingerprint density at radius 1 is 1.07 bits per heavy atom. The molecule has 0 aromatic heterocycles. The number of benzene rings is 1. The summed E-state index contributed by atoms with van der Waals surface area (Å²) in [5.74, 6) is -0.333. The second-order valence-corrected chi connectivity index (χ2v) is 11.6. The molecule has 0 bridgehead atoms. The highest BCUT2D eigenvalue weighted by Gasteiger charge is 2.44. The Labute approximate surface area is 161 Å². The maximum absolute atomic E-state index is 13.1. The normalized spacial score (nSPS) is 26.5. The molecule has 1 aliphatic heterocycles. The van der Waals surface area contributed by atoms with Crippen molar-refractivity contribution in [2.45, 2.75) is 55.1 Å². The van der Waals surface area contributed by atoms with Gasteiger partial charge in [0, 0.05) is 13.1 Å². The van der Waals surface area contributed by atoms with Crippen molar-refractivity contribution in [3.05, 3.63) is 29.8 Å². The van der Waals surface area contributed by atoms with Crippen LogP contribution in [-0.4, -0.2) is 63.0 Å². The minimum Gasteiger partial charge on any atom is -0.390 e. The van der Waals surface area contributed by atoms with Gasteiger partial charge >= 0.3 is 0 Å². The summed E-state index contributed by atoms with van der Waals surface area (Å²) in [6, 6.07) is 5.87. The van der Waals surface area contributed by atoms with E-state index in [0.29, 0.717) is 5.92 Å². The predicted octanol–water partition coefficient (Wildman–Crippen LogP) is 0.842. The topological polar surface area (TPSA) is 118 Å². The predicted molar refractivity (Wildman–Crippen MR) is 104 cm³/mol. The second kappa shape index (κ2) is 8.16. The quantitative estimate of drug-likeness (QED) is 0.710. The monoisotopic (exact) mass is 416 g/mol. The van der Waals surface area contributed by atoms with Gasteiger partial charge in [0.1, 0.15) is 0 Å². The molecular weight excluding hydrogens is 388 g/mol. The molecule has 1 saturated heterocycles. The molecule has 1 heterocycles. The molecule has 0 spiro atoms. The van der Waals surface area contributed by atoms with E-state index in [2.05, 4.69) is 0 Å². The lowest BCUT2D eigenvalue weighted by atomic mass is 9.84. The van der Waals surface area contributed by atoms with Crippen molar-refractivity contribution in [2.24, 2.45) is 5.73 Å². The molecule has 7 nitrogen and oxygen atoms in total. The molecule has 2 atom stereocenters. The highest BCUT2D eigenvalue weighted by molar-refractivity contribution is 7.92. The summed E-state index contributed by atoms with van der Waals surface area (Å²) in [6.45, 7) is 0.00656. The van der Waals surface area contributed by atoms with E-state index in [-0.39, 0.29) is 23.7 Å². The summed E-state index contributed by atoms with van der Waals surface area (Å²) in [6.07, 6.45) is 4.66. The van der Waals surface area contributed by atoms with E-state index >= 15 is 0 Å². The molecule has 0 unspecified atom stereocenters. The van der Waals surface area contributed by atoms with Gasteiger partial charge in [0.05, 0.1) is 28.5 Å². The summed E-state index contributed by atoms with van der Waals surface area (Å²) >= 11 is 0. The van der Waals surface area contributed by atoms with Crippen molar-refractivity contribution in [1.29, 1.82) is 0 Å². The van der Waals surface area contributed by atoms with Gasteiger partial charge in [-0.1, -0.05) is 31.4 Å². The van der Waals surface area contributed by atoms with Crippen molar-refractivity contribution < 1.29 is 21.9 Å². The standard InChI is InChI=1S/C18H28N2O5S2/c19-10-11-20(17-12-26(22,23)13-18(17)21)27(24,25)16-8-6-15(7-9-16)14-4-2-1-3-5-14/h6-9,14,17-18,21H,1-5,10-13,19H2/t17-,18-/m0/s1. The molecule has 1 aromatic carbocycles. The number of sulfone groups is 1. The summed E-state index contributed by atoms with van der Waals surface area (Å²) < 4.78 is 51.0. The van der Waals surface area contributed by atoms with E-state index < -0.39 is 37.8 Å².